The van der Waals surface area contributed by atoms with Crippen molar-refractivity contribution in [1.29, 1.82) is 0 Å². The van der Waals surface area contributed by atoms with E-state index >= 15 is 0 Å². The lowest BCUT2D eigenvalue weighted by molar-refractivity contribution is -0.277. The van der Waals surface area contributed by atoms with Crippen LogP contribution in [0.2, 0.25) is 0 Å². The summed E-state index contributed by atoms with van der Waals surface area (Å²) >= 11 is 39.2. The van der Waals surface area contributed by atoms with Crippen molar-refractivity contribution in [2.75, 3.05) is 58.1 Å². The maximum Gasteiger partial charge on any atom is 0.303 e. The van der Waals surface area contributed by atoms with Gasteiger partial charge in [0.15, 0.2) is 12.4 Å². The van der Waals surface area contributed by atoms with Crippen LogP contribution in [0.25, 0.3) is 20.9 Å². The summed E-state index contributed by atoms with van der Waals surface area (Å²) in [6, 6.07) is 0. The Hall–Kier alpha value is 5.20. The Labute approximate surface area is 594 Å². The van der Waals surface area contributed by atoms with Crippen molar-refractivity contribution in [3.8, 4) is 0 Å². The molecule has 2 aliphatic heterocycles. The van der Waals surface area contributed by atoms with E-state index < -0.39 is 12.4 Å². The summed E-state index contributed by atoms with van der Waals surface area (Å²) < 4.78 is 38.2. The molecular weight excluding hydrogens is 1760 g/mol. The quantitative estimate of drug-likeness (QED) is 0.0409. The molecule has 0 saturated carbocycles. The first-order valence-corrected chi connectivity index (χ1v) is 60.6. The normalized spacial score (nSPS) is 20.1. The van der Waals surface area contributed by atoms with Crippen LogP contribution in [0.4, 0.5) is 0 Å². The second-order valence-electron chi connectivity index (χ2n) is 13.0. The molecule has 0 bridgehead atoms. The highest BCUT2D eigenvalue weighted by atomic mass is 79.9. The van der Waals surface area contributed by atoms with Crippen molar-refractivity contribution in [1.82, 2.24) is 0 Å². The molecule has 0 amide bonds. The van der Waals surface area contributed by atoms with Crippen LogP contribution >= 0.6 is 39.1 Å². The largest absolute Gasteiger partial charge is 0.459 e. The number of hydrogen-bond acceptors (Lipinski definition) is 18. The topological polar surface area (TPSA) is 216 Å². The van der Waals surface area contributed by atoms with Gasteiger partial charge in [0.2, 0.25) is 0 Å². The molecule has 0 aromatic heterocycles. The summed E-state index contributed by atoms with van der Waals surface area (Å²) in [7, 11) is 41.6. The molecule has 2 rings (SSSR count). The summed E-state index contributed by atoms with van der Waals surface area (Å²) in [4.78, 5) is 27.5. The van der Waals surface area contributed by atoms with Crippen LogP contribution in [0.1, 0.15) is 68.2 Å². The van der Waals surface area contributed by atoms with E-state index in [0.29, 0.717) is 58.0 Å². The van der Waals surface area contributed by atoms with Gasteiger partial charge in [-0.05, 0) is 35.7 Å². The molecule has 478 valence electrons. The van der Waals surface area contributed by atoms with Gasteiger partial charge in [-0.1, -0.05) is 67.7 Å². The Morgan fingerprint density at radius 1 is 0.543 bits per heavy atom. The average Bonchev–Trinajstić information content (AvgIpc) is 3.47. The predicted molar refractivity (Wildman–Crippen MR) is 422 cm³/mol. The average molecular weight is 1820 g/mol. The van der Waals surface area contributed by atoms with Gasteiger partial charge in [-0.15, -0.1) is 23.2 Å². The van der Waals surface area contributed by atoms with Crippen LogP contribution in [0, 0.1) is 23.7 Å². The van der Waals surface area contributed by atoms with E-state index in [1.807, 2.05) is 0 Å². The van der Waals surface area contributed by atoms with Crippen molar-refractivity contribution in [2.45, 2.75) is 104 Å². The van der Waals surface area contributed by atoms with Crippen LogP contribution in [-0.2, 0) is 332 Å². The van der Waals surface area contributed by atoms with Gasteiger partial charge in [-0.2, -0.15) is 0 Å². The molecule has 2 heterocycles. The lowest BCUT2D eigenvalue weighted by atomic mass is 9.82. The van der Waals surface area contributed by atoms with E-state index in [9.17, 15) is 9.59 Å². The molecule has 0 radical (unpaired) electrons. The summed E-state index contributed by atoms with van der Waals surface area (Å²) in [5.41, 5.74) is 15.9. The third-order valence-corrected chi connectivity index (χ3v) is 60.4. The molecular formula is C31H57BrCl2N6O10S31. The number of azide groups is 2. The van der Waals surface area contributed by atoms with E-state index in [-0.39, 0.29) is 59.0 Å². The Kier molecular flexibility index (Phi) is 91.0. The molecule has 81 heavy (non-hydrogen) atoms. The number of carbonyl (C=O) groups excluding carboxylic acids is 2. The van der Waals surface area contributed by atoms with Crippen molar-refractivity contribution in [3.63, 3.8) is 0 Å². The van der Waals surface area contributed by atoms with Gasteiger partial charge in [0.25, 0.3) is 0 Å². The van der Waals surface area contributed by atoms with Crippen LogP contribution in [0.5, 0.6) is 0 Å². The van der Waals surface area contributed by atoms with E-state index in [4.69, 9.17) is 117 Å². The van der Waals surface area contributed by atoms with Gasteiger partial charge in [-0.3, -0.25) is 9.59 Å². The lowest BCUT2D eigenvalue weighted by Crippen LogP contribution is -2.52. The second kappa shape index (κ2) is 77.6. The van der Waals surface area contributed by atoms with Crippen LogP contribution in [0.15, 0.2) is 10.2 Å². The molecule has 2 saturated heterocycles. The van der Waals surface area contributed by atoms with Crippen LogP contribution < -0.4 is 0 Å². The molecule has 0 aromatic rings. The Morgan fingerprint density at radius 2 is 0.852 bits per heavy atom. The number of rotatable bonds is 16. The van der Waals surface area contributed by atoms with Crippen molar-refractivity contribution >= 4 is 340 Å². The van der Waals surface area contributed by atoms with Gasteiger partial charge < -0.3 is 38.3 Å². The van der Waals surface area contributed by atoms with Gasteiger partial charge in [0, 0.05) is 338 Å². The predicted octanol–water partition coefficient (Wildman–Crippen LogP) is 7.04. The van der Waals surface area contributed by atoms with Gasteiger partial charge in [0.05, 0.1) is 57.2 Å². The number of halogens is 3. The highest BCUT2D eigenvalue weighted by Crippen LogP contribution is 2.36. The molecule has 0 aliphatic carbocycles. The maximum atomic E-state index is 11.3. The maximum absolute atomic E-state index is 11.3. The Bertz CT molecular complexity index is 2940. The fraction of sp³-hybridized carbons (Fsp3) is 0.935. The minimum Gasteiger partial charge on any atom is -0.459 e. The molecule has 2 aliphatic rings. The first-order valence-electron chi connectivity index (χ1n) is 21.3. The minimum absolute atomic E-state index is 0.0102. The molecule has 10 atom stereocenters. The Balaban J connectivity index is -0.000000299. The van der Waals surface area contributed by atoms with E-state index in [2.05, 4.69) is 99.9 Å². The Morgan fingerprint density at radius 3 is 1.16 bits per heavy atom. The number of nitrogens with zero attached hydrogens (tertiary/aromatic N) is 6. The fourth-order valence-corrected chi connectivity index (χ4v) is 63.8. The number of aliphatic hydroxyl groups is 1. The summed E-state index contributed by atoms with van der Waals surface area (Å²) in [5, 5.41) is 14.8. The van der Waals surface area contributed by atoms with E-state index in [0.717, 1.165) is 12.8 Å². The highest BCUT2D eigenvalue weighted by molar-refractivity contribution is 9.09. The third kappa shape index (κ3) is 65.1. The van der Waals surface area contributed by atoms with Crippen molar-refractivity contribution in [2.24, 2.45) is 33.9 Å². The van der Waals surface area contributed by atoms with Crippen LogP contribution in [-0.4, -0.2) is 111 Å². The number of ether oxygens (including phenoxy) is 7. The first-order chi connectivity index (χ1) is 39.1. The fourth-order valence-electron chi connectivity index (χ4n) is 5.31. The monoisotopic (exact) mass is 1810 g/mol. The number of hydrogen-bond donors (Lipinski definition) is 1. The highest BCUT2D eigenvalue weighted by Gasteiger charge is 2.43. The second-order valence-corrected chi connectivity index (χ2v) is 58.9. The minimum atomic E-state index is -0.587. The zero-order valence-corrected chi connectivity index (χ0v) is 71.6. The van der Waals surface area contributed by atoms with E-state index in [1.54, 1.807) is 186 Å². The summed E-state index contributed by atoms with van der Waals surface area (Å²) in [5.74, 6) is 0.566. The molecule has 50 heteroatoms. The summed E-state index contributed by atoms with van der Waals surface area (Å²) in [6.07, 6.45) is 0.995. The van der Waals surface area contributed by atoms with Crippen molar-refractivity contribution < 1.29 is 47.9 Å². The molecule has 0 spiro atoms. The standard InChI is InChI=1S/C15H27N3O5.C11H19BrO3.C4H9N3O2.CH2Cl2.S15.S14.S2/c1-5-13-10(2)11(3)14(22-12(4)19)15(23-13)21-9-8-20-7-6-17-18-16;1-5-9-6(2)7(3)10(11(12)15-9)14-8(4)13;5-7-6-1-3-9-4-2-8;2-1-3;1-3-5-7-9-11-13-15-14-12-10-8-6-4-2;1-3-5-7-9-11-13-14-12-10-8-6-4-2;1-2/h10-11,13-15H,5-9H2,1-4H3;6-7,9-11H,5H2,1-4H3;8H,1-4H2;1H2;;;. The number of carbonyl (C=O) groups is 2. The third-order valence-electron chi connectivity index (χ3n) is 8.60. The number of aliphatic hydroxyl groups excluding tert-OH is 1. The van der Waals surface area contributed by atoms with E-state index in [1.165, 1.54) is 49.4 Å². The number of esters is 2. The van der Waals surface area contributed by atoms with Gasteiger partial charge in [-0.25, -0.2) is 0 Å². The van der Waals surface area contributed by atoms with Crippen molar-refractivity contribution in [3.05, 3.63) is 20.9 Å². The smallest absolute Gasteiger partial charge is 0.303 e. The lowest BCUT2D eigenvalue weighted by Gasteiger charge is -2.43. The first kappa shape index (κ1) is 94.9. The molecule has 1 N–H and O–H groups in total. The zero-order valence-electron chi connectivity index (χ0n) is 43.1. The SMILES string of the molecule is CCC1OC(Br)C(OC(C)=O)C(C)C1C.CCC1OC(OCCOCCN=[N+]=[N-])C(OC(C)=O)C(C)C1C.ClCCl.S=S.S=S=S=S=S=S=S=S=S=S=S=S=S=S.S=S=S=S=S=S=S=S=S=S=S=S=S=S=S.[N-]=[N+]=NCCOCCO. The number of alkyl halides is 3. The molecule has 0 aromatic carbocycles. The molecule has 16 nitrogen and oxygen atoms in total. The van der Waals surface area contributed by atoms with Gasteiger partial charge >= 0.3 is 11.9 Å². The zero-order chi connectivity index (χ0) is 62.2. The van der Waals surface area contributed by atoms with Gasteiger partial charge in [0.1, 0.15) is 11.1 Å². The van der Waals surface area contributed by atoms with Crippen LogP contribution in [0.3, 0.4) is 0 Å². The summed E-state index contributed by atoms with van der Waals surface area (Å²) in [6.45, 7) is 17.7. The molecule has 2 fully saturated rings. The molecule has 10 unspecified atom stereocenters.